The minimum Gasteiger partial charge on any atom is -0.444 e. The van der Waals surface area contributed by atoms with Crippen LogP contribution in [0, 0.1) is 0 Å². The second-order valence-corrected chi connectivity index (χ2v) is 5.53. The molecule has 0 aliphatic carbocycles. The molecule has 0 aliphatic rings. The first-order valence-electron chi connectivity index (χ1n) is 5.22. The first-order chi connectivity index (χ1) is 8.49. The van der Waals surface area contributed by atoms with Crippen LogP contribution in [0.25, 0.3) is 0 Å². The normalized spacial score (nSPS) is 12.2. The van der Waals surface area contributed by atoms with E-state index < -0.39 is 23.4 Å². The van der Waals surface area contributed by atoms with E-state index in [9.17, 15) is 18.0 Å². The van der Waals surface area contributed by atoms with Gasteiger partial charge in [0.15, 0.2) is 0 Å². The lowest BCUT2D eigenvalue weighted by Crippen LogP contribution is -2.27. The standard InChI is InChI=1S/C11H12BrF3N2O2/c1-10(2,3)19-9(18)17-8-4-7(12)6(5-16-8)11(13,14)15/h4-5H,1-3H3,(H,16,17,18). The summed E-state index contributed by atoms with van der Waals surface area (Å²) in [7, 11) is 0. The van der Waals surface area contributed by atoms with Gasteiger partial charge >= 0.3 is 12.3 Å². The fraction of sp³-hybridized carbons (Fsp3) is 0.455. The molecule has 19 heavy (non-hydrogen) atoms. The van der Waals surface area contributed by atoms with E-state index >= 15 is 0 Å². The maximum atomic E-state index is 12.5. The SMILES string of the molecule is CC(C)(C)OC(=O)Nc1cc(Br)c(C(F)(F)F)cn1. The number of aromatic nitrogens is 1. The molecule has 0 unspecified atom stereocenters. The monoisotopic (exact) mass is 340 g/mol. The fourth-order valence-corrected chi connectivity index (χ4v) is 1.66. The number of rotatable bonds is 1. The predicted octanol–water partition coefficient (Wildman–Crippen LogP) is 4.21. The lowest BCUT2D eigenvalue weighted by Gasteiger charge is -2.19. The van der Waals surface area contributed by atoms with Crippen molar-refractivity contribution in [2.75, 3.05) is 5.32 Å². The Kier molecular flexibility index (Phi) is 4.44. The highest BCUT2D eigenvalue weighted by Crippen LogP contribution is 2.35. The molecule has 0 bridgehead atoms. The van der Waals surface area contributed by atoms with E-state index in [1.165, 1.54) is 0 Å². The molecular weight excluding hydrogens is 329 g/mol. The summed E-state index contributed by atoms with van der Waals surface area (Å²) in [4.78, 5) is 14.9. The van der Waals surface area contributed by atoms with E-state index in [-0.39, 0.29) is 10.3 Å². The molecule has 4 nitrogen and oxygen atoms in total. The number of halogens is 4. The summed E-state index contributed by atoms with van der Waals surface area (Å²) >= 11 is 2.78. The summed E-state index contributed by atoms with van der Waals surface area (Å²) in [5.74, 6) is -0.0332. The average molecular weight is 341 g/mol. The summed E-state index contributed by atoms with van der Waals surface area (Å²) < 4.78 is 42.2. The Balaban J connectivity index is 2.83. The Morgan fingerprint density at radius 1 is 1.37 bits per heavy atom. The minimum absolute atomic E-state index is 0.0332. The molecule has 0 atom stereocenters. The molecule has 0 saturated carbocycles. The third-order valence-electron chi connectivity index (χ3n) is 1.79. The Morgan fingerprint density at radius 3 is 2.37 bits per heavy atom. The molecule has 1 N–H and O–H groups in total. The van der Waals surface area contributed by atoms with E-state index in [1.807, 2.05) is 0 Å². The highest BCUT2D eigenvalue weighted by Gasteiger charge is 2.33. The molecule has 0 aliphatic heterocycles. The number of amides is 1. The largest absolute Gasteiger partial charge is 0.444 e. The van der Waals surface area contributed by atoms with Gasteiger partial charge in [0.1, 0.15) is 11.4 Å². The van der Waals surface area contributed by atoms with Crippen molar-refractivity contribution in [3.63, 3.8) is 0 Å². The Bertz CT molecular complexity index is 484. The summed E-state index contributed by atoms with van der Waals surface area (Å²) in [6, 6.07) is 1.06. The molecule has 1 aromatic rings. The minimum atomic E-state index is -4.50. The molecule has 0 radical (unpaired) electrons. The van der Waals surface area contributed by atoms with E-state index in [2.05, 4.69) is 26.2 Å². The first kappa shape index (κ1) is 15.7. The number of alkyl halides is 3. The van der Waals surface area contributed by atoms with Crippen molar-refractivity contribution < 1.29 is 22.7 Å². The van der Waals surface area contributed by atoms with E-state index in [0.29, 0.717) is 6.20 Å². The van der Waals surface area contributed by atoms with Gasteiger partial charge in [-0.1, -0.05) is 0 Å². The molecule has 1 aromatic heterocycles. The lowest BCUT2D eigenvalue weighted by molar-refractivity contribution is -0.138. The first-order valence-corrected chi connectivity index (χ1v) is 6.01. The van der Waals surface area contributed by atoms with E-state index in [4.69, 9.17) is 4.74 Å². The maximum Gasteiger partial charge on any atom is 0.418 e. The van der Waals surface area contributed by atoms with Crippen LogP contribution in [-0.2, 0) is 10.9 Å². The fourth-order valence-electron chi connectivity index (χ4n) is 1.12. The van der Waals surface area contributed by atoms with Crippen LogP contribution in [0.4, 0.5) is 23.8 Å². The van der Waals surface area contributed by atoms with Crippen LogP contribution in [-0.4, -0.2) is 16.7 Å². The number of anilines is 1. The van der Waals surface area contributed by atoms with Crippen LogP contribution in [0.1, 0.15) is 26.3 Å². The van der Waals surface area contributed by atoms with Crippen LogP contribution in [0.2, 0.25) is 0 Å². The Morgan fingerprint density at radius 2 is 1.95 bits per heavy atom. The van der Waals surface area contributed by atoms with E-state index in [1.54, 1.807) is 20.8 Å². The number of nitrogens with one attached hydrogen (secondary N) is 1. The third-order valence-corrected chi connectivity index (χ3v) is 2.44. The van der Waals surface area contributed by atoms with Crippen LogP contribution in [0.3, 0.4) is 0 Å². The van der Waals surface area contributed by atoms with Crippen molar-refractivity contribution in [1.29, 1.82) is 0 Å². The molecule has 8 heteroatoms. The van der Waals surface area contributed by atoms with Gasteiger partial charge in [-0.15, -0.1) is 0 Å². The predicted molar refractivity (Wildman–Crippen MR) is 66.8 cm³/mol. The molecule has 1 heterocycles. The maximum absolute atomic E-state index is 12.5. The zero-order chi connectivity index (χ0) is 14.8. The third kappa shape index (κ3) is 5.06. The second-order valence-electron chi connectivity index (χ2n) is 4.67. The van der Waals surface area contributed by atoms with Crippen LogP contribution < -0.4 is 5.32 Å². The Hall–Kier alpha value is -1.31. The van der Waals surface area contributed by atoms with Crippen molar-refractivity contribution in [3.8, 4) is 0 Å². The van der Waals surface area contributed by atoms with Crippen molar-refractivity contribution in [2.45, 2.75) is 32.5 Å². The lowest BCUT2D eigenvalue weighted by atomic mass is 10.2. The van der Waals surface area contributed by atoms with Gasteiger partial charge in [0, 0.05) is 10.7 Å². The van der Waals surface area contributed by atoms with Crippen molar-refractivity contribution in [2.24, 2.45) is 0 Å². The molecule has 0 aromatic carbocycles. The van der Waals surface area contributed by atoms with Gasteiger partial charge in [-0.2, -0.15) is 13.2 Å². The number of hydrogen-bond donors (Lipinski definition) is 1. The number of carbonyl (C=O) groups excluding carboxylic acids is 1. The zero-order valence-electron chi connectivity index (χ0n) is 10.4. The number of nitrogens with zero attached hydrogens (tertiary/aromatic N) is 1. The van der Waals surface area contributed by atoms with Gasteiger partial charge in [-0.05, 0) is 42.8 Å². The van der Waals surface area contributed by atoms with Gasteiger partial charge < -0.3 is 4.74 Å². The number of ether oxygens (including phenoxy) is 1. The molecule has 0 saturated heterocycles. The van der Waals surface area contributed by atoms with Gasteiger partial charge in [0.25, 0.3) is 0 Å². The van der Waals surface area contributed by atoms with Crippen LogP contribution in [0.5, 0.6) is 0 Å². The number of pyridine rings is 1. The molecule has 0 spiro atoms. The molecular formula is C11H12BrF3N2O2. The van der Waals surface area contributed by atoms with Crippen molar-refractivity contribution >= 4 is 27.8 Å². The van der Waals surface area contributed by atoms with Crippen molar-refractivity contribution in [1.82, 2.24) is 4.98 Å². The molecule has 106 valence electrons. The van der Waals surface area contributed by atoms with Gasteiger partial charge in [0.2, 0.25) is 0 Å². The summed E-state index contributed by atoms with van der Waals surface area (Å²) in [5.41, 5.74) is -1.62. The smallest absolute Gasteiger partial charge is 0.418 e. The second kappa shape index (κ2) is 5.36. The Labute approximate surface area is 116 Å². The van der Waals surface area contributed by atoms with Gasteiger partial charge in [-0.25, -0.2) is 9.78 Å². The molecule has 1 rings (SSSR count). The summed E-state index contributed by atoms with van der Waals surface area (Å²) in [5, 5.41) is 2.25. The van der Waals surface area contributed by atoms with E-state index in [0.717, 1.165) is 6.07 Å². The summed E-state index contributed by atoms with van der Waals surface area (Å²) in [6.07, 6.45) is -4.65. The average Bonchev–Trinajstić information content (AvgIpc) is 2.11. The number of hydrogen-bond acceptors (Lipinski definition) is 3. The highest BCUT2D eigenvalue weighted by molar-refractivity contribution is 9.10. The topological polar surface area (TPSA) is 51.2 Å². The van der Waals surface area contributed by atoms with Gasteiger partial charge in [-0.3, -0.25) is 5.32 Å². The molecule has 0 fully saturated rings. The van der Waals surface area contributed by atoms with Crippen LogP contribution in [0.15, 0.2) is 16.7 Å². The van der Waals surface area contributed by atoms with Gasteiger partial charge in [0.05, 0.1) is 5.56 Å². The highest BCUT2D eigenvalue weighted by atomic mass is 79.9. The zero-order valence-corrected chi connectivity index (χ0v) is 12.0. The quantitative estimate of drug-likeness (QED) is 0.833. The summed E-state index contributed by atoms with van der Waals surface area (Å²) in [6.45, 7) is 5.01. The van der Waals surface area contributed by atoms with Crippen molar-refractivity contribution in [3.05, 3.63) is 22.3 Å². The number of carbonyl (C=O) groups is 1. The molecule has 1 amide bonds. The van der Waals surface area contributed by atoms with Crippen LogP contribution >= 0.6 is 15.9 Å².